The molecule has 0 radical (unpaired) electrons. The number of aryl methyl sites for hydroxylation is 1. The second-order valence-corrected chi connectivity index (χ2v) is 6.44. The molecule has 156 valence electrons. The highest BCUT2D eigenvalue weighted by Gasteiger charge is 2.06. The van der Waals surface area contributed by atoms with Crippen LogP contribution in [0.25, 0.3) is 0 Å². The summed E-state index contributed by atoms with van der Waals surface area (Å²) in [7, 11) is 3.62. The molecule has 0 unspecified atom stereocenters. The van der Waals surface area contributed by atoms with Gasteiger partial charge in [0, 0.05) is 32.5 Å². The quantitative estimate of drug-likeness (QED) is 0.277. The van der Waals surface area contributed by atoms with Crippen molar-refractivity contribution in [2.75, 3.05) is 13.7 Å². The van der Waals surface area contributed by atoms with E-state index in [1.54, 1.807) is 7.11 Å². The van der Waals surface area contributed by atoms with Gasteiger partial charge in [0.25, 0.3) is 0 Å². The number of halogens is 1. The molecule has 2 aromatic heterocycles. The maximum Gasteiger partial charge on any atom is 0.192 e. The second-order valence-electron chi connectivity index (χ2n) is 6.44. The van der Waals surface area contributed by atoms with Crippen molar-refractivity contribution in [2.45, 2.75) is 26.6 Å². The molecule has 0 amide bonds. The summed E-state index contributed by atoms with van der Waals surface area (Å²) in [4.78, 5) is 4.71. The van der Waals surface area contributed by atoms with Gasteiger partial charge in [-0.2, -0.15) is 0 Å². The largest absolute Gasteiger partial charge is 0.497 e. The Kier molecular flexibility index (Phi) is 8.97. The molecule has 0 saturated carbocycles. The molecule has 2 N–H and O–H groups in total. The predicted molar refractivity (Wildman–Crippen MR) is 125 cm³/mol. The van der Waals surface area contributed by atoms with Gasteiger partial charge in [0.2, 0.25) is 0 Å². The summed E-state index contributed by atoms with van der Waals surface area (Å²) in [6.45, 7) is 4.68. The van der Waals surface area contributed by atoms with Crippen molar-refractivity contribution in [3.8, 4) is 5.75 Å². The number of benzene rings is 1. The Labute approximate surface area is 188 Å². The first kappa shape index (κ1) is 22.7. The highest BCUT2D eigenvalue weighted by molar-refractivity contribution is 14.0. The summed E-state index contributed by atoms with van der Waals surface area (Å²) >= 11 is 0. The van der Waals surface area contributed by atoms with Crippen LogP contribution in [-0.4, -0.2) is 38.9 Å². The molecular formula is C20H28IN7O. The van der Waals surface area contributed by atoms with Crippen LogP contribution in [0.5, 0.6) is 5.75 Å². The number of nitrogens with zero attached hydrogens (tertiary/aromatic N) is 5. The molecule has 0 spiro atoms. The molecule has 0 bridgehead atoms. The predicted octanol–water partition coefficient (Wildman–Crippen LogP) is 2.49. The first-order chi connectivity index (χ1) is 13.7. The van der Waals surface area contributed by atoms with Crippen LogP contribution in [0.4, 0.5) is 0 Å². The lowest BCUT2D eigenvalue weighted by Crippen LogP contribution is -2.39. The van der Waals surface area contributed by atoms with E-state index < -0.39 is 0 Å². The van der Waals surface area contributed by atoms with Crippen LogP contribution >= 0.6 is 24.0 Å². The zero-order valence-corrected chi connectivity index (χ0v) is 19.3. The fraction of sp³-hybridized carbons (Fsp3) is 0.350. The molecule has 0 saturated heterocycles. The molecule has 0 aliphatic carbocycles. The fourth-order valence-electron chi connectivity index (χ4n) is 2.67. The van der Waals surface area contributed by atoms with Gasteiger partial charge in [-0.15, -0.1) is 34.2 Å². The number of hydrogen-bond acceptors (Lipinski definition) is 4. The Hall–Kier alpha value is -2.56. The van der Waals surface area contributed by atoms with E-state index in [2.05, 4.69) is 25.4 Å². The zero-order valence-electron chi connectivity index (χ0n) is 17.0. The van der Waals surface area contributed by atoms with Crippen LogP contribution in [0.2, 0.25) is 0 Å². The lowest BCUT2D eigenvalue weighted by atomic mass is 10.2. The molecule has 0 aliphatic rings. The lowest BCUT2D eigenvalue weighted by molar-refractivity contribution is 0.414. The van der Waals surface area contributed by atoms with Crippen molar-refractivity contribution < 1.29 is 4.74 Å². The summed E-state index contributed by atoms with van der Waals surface area (Å²) in [5.74, 6) is 3.33. The second kappa shape index (κ2) is 11.4. The summed E-state index contributed by atoms with van der Waals surface area (Å²) in [5, 5.41) is 15.0. The minimum atomic E-state index is 0. The third-order valence-electron chi connectivity index (χ3n) is 4.50. The first-order valence-electron chi connectivity index (χ1n) is 9.26. The number of aliphatic imine (C=N–C) groups is 1. The summed E-state index contributed by atoms with van der Waals surface area (Å²) in [6.07, 6.45) is 4.09. The standard InChI is InChI=1S/C20H27N7O.HI/c1-16-24-25-19(26(16)2)15-23-20(21-10-13-27-11-4-5-12-27)22-14-17-6-8-18(28-3)9-7-17;/h4-9,11-12H,10,13-15H2,1-3H3,(H2,21,22,23);1H. The zero-order chi connectivity index (χ0) is 19.8. The SMILES string of the molecule is COc1ccc(CN=C(NCCn2cccc2)NCc2nnc(C)n2C)cc1.I. The minimum Gasteiger partial charge on any atom is -0.497 e. The number of aromatic nitrogens is 4. The molecule has 29 heavy (non-hydrogen) atoms. The highest BCUT2D eigenvalue weighted by Crippen LogP contribution is 2.11. The monoisotopic (exact) mass is 509 g/mol. The normalized spacial score (nSPS) is 11.1. The van der Waals surface area contributed by atoms with Crippen molar-refractivity contribution in [1.82, 2.24) is 30.0 Å². The first-order valence-corrected chi connectivity index (χ1v) is 9.26. The van der Waals surface area contributed by atoms with Crippen molar-refractivity contribution in [3.63, 3.8) is 0 Å². The van der Waals surface area contributed by atoms with E-state index >= 15 is 0 Å². The Morgan fingerprint density at radius 1 is 1.10 bits per heavy atom. The molecule has 2 heterocycles. The lowest BCUT2D eigenvalue weighted by Gasteiger charge is -2.13. The average molecular weight is 509 g/mol. The Bertz CT molecular complexity index is 888. The van der Waals surface area contributed by atoms with Crippen molar-refractivity contribution in [3.05, 3.63) is 66.0 Å². The van der Waals surface area contributed by atoms with Gasteiger partial charge >= 0.3 is 0 Å². The topological polar surface area (TPSA) is 81.3 Å². The van der Waals surface area contributed by atoms with Crippen LogP contribution in [0.1, 0.15) is 17.2 Å². The molecule has 9 heteroatoms. The van der Waals surface area contributed by atoms with E-state index in [0.29, 0.717) is 13.1 Å². The van der Waals surface area contributed by atoms with E-state index in [1.807, 2.05) is 67.3 Å². The Morgan fingerprint density at radius 2 is 1.83 bits per heavy atom. The Balaban J connectivity index is 0.00000300. The van der Waals surface area contributed by atoms with E-state index in [4.69, 9.17) is 9.73 Å². The van der Waals surface area contributed by atoms with Crippen molar-refractivity contribution >= 4 is 29.9 Å². The number of methoxy groups -OCH3 is 1. The maximum atomic E-state index is 5.21. The van der Waals surface area contributed by atoms with Crippen LogP contribution in [-0.2, 0) is 26.7 Å². The number of nitrogens with one attached hydrogen (secondary N) is 2. The van der Waals surface area contributed by atoms with Gasteiger partial charge in [-0.05, 0) is 36.8 Å². The van der Waals surface area contributed by atoms with Crippen molar-refractivity contribution in [1.29, 1.82) is 0 Å². The van der Waals surface area contributed by atoms with Gasteiger partial charge in [-0.25, -0.2) is 4.99 Å². The average Bonchev–Trinajstić information content (AvgIpc) is 3.35. The van der Waals surface area contributed by atoms with E-state index in [1.165, 1.54) is 0 Å². The Morgan fingerprint density at radius 3 is 2.45 bits per heavy atom. The maximum absolute atomic E-state index is 5.21. The van der Waals surface area contributed by atoms with Gasteiger partial charge in [-0.3, -0.25) is 0 Å². The number of ether oxygens (including phenoxy) is 1. The van der Waals surface area contributed by atoms with Crippen LogP contribution in [0, 0.1) is 6.92 Å². The molecule has 3 aromatic rings. The molecule has 3 rings (SSSR count). The minimum absolute atomic E-state index is 0. The third kappa shape index (κ3) is 6.77. The summed E-state index contributed by atoms with van der Waals surface area (Å²) in [6, 6.07) is 12.0. The summed E-state index contributed by atoms with van der Waals surface area (Å²) < 4.78 is 9.30. The fourth-order valence-corrected chi connectivity index (χ4v) is 2.67. The van der Waals surface area contributed by atoms with Crippen LogP contribution in [0.3, 0.4) is 0 Å². The van der Waals surface area contributed by atoms with Gasteiger partial charge in [0.1, 0.15) is 11.6 Å². The van der Waals surface area contributed by atoms with Gasteiger partial charge in [0.05, 0.1) is 20.2 Å². The number of hydrogen-bond donors (Lipinski definition) is 2. The summed E-state index contributed by atoms with van der Waals surface area (Å²) in [5.41, 5.74) is 1.11. The number of guanidine groups is 1. The van der Waals surface area contributed by atoms with Crippen LogP contribution < -0.4 is 15.4 Å². The van der Waals surface area contributed by atoms with E-state index in [0.717, 1.165) is 42.0 Å². The van der Waals surface area contributed by atoms with E-state index in [-0.39, 0.29) is 24.0 Å². The molecule has 8 nitrogen and oxygen atoms in total. The van der Waals surface area contributed by atoms with Crippen LogP contribution in [0.15, 0.2) is 53.8 Å². The van der Waals surface area contributed by atoms with Gasteiger partial charge < -0.3 is 24.5 Å². The molecule has 1 aromatic carbocycles. The molecule has 0 atom stereocenters. The van der Waals surface area contributed by atoms with Crippen molar-refractivity contribution in [2.24, 2.45) is 12.0 Å². The van der Waals surface area contributed by atoms with E-state index in [9.17, 15) is 0 Å². The van der Waals surface area contributed by atoms with Gasteiger partial charge in [-0.1, -0.05) is 12.1 Å². The number of rotatable bonds is 8. The van der Waals surface area contributed by atoms with Gasteiger partial charge in [0.15, 0.2) is 11.8 Å². The highest BCUT2D eigenvalue weighted by atomic mass is 127. The third-order valence-corrected chi connectivity index (χ3v) is 4.50. The molecular weight excluding hydrogens is 481 g/mol. The molecule has 0 aliphatic heterocycles. The molecule has 0 fully saturated rings. The smallest absolute Gasteiger partial charge is 0.192 e.